The minimum atomic E-state index is 0.714. The van der Waals surface area contributed by atoms with Crippen LogP contribution in [0.1, 0.15) is 36.8 Å². The van der Waals surface area contributed by atoms with Gasteiger partial charge in [0.25, 0.3) is 0 Å². The van der Waals surface area contributed by atoms with Crippen LogP contribution in [0.3, 0.4) is 0 Å². The SMILES string of the molecule is CCNCC1CCCc2ccc(Br)cc21. The number of rotatable bonds is 3. The van der Waals surface area contributed by atoms with Gasteiger partial charge < -0.3 is 5.32 Å². The van der Waals surface area contributed by atoms with E-state index in [1.165, 1.54) is 23.7 Å². The van der Waals surface area contributed by atoms with Crippen molar-refractivity contribution in [3.05, 3.63) is 33.8 Å². The first-order valence-electron chi connectivity index (χ1n) is 5.80. The maximum Gasteiger partial charge on any atom is 0.0178 e. The first kappa shape index (κ1) is 11.2. The van der Waals surface area contributed by atoms with Crippen LogP contribution in [-0.4, -0.2) is 13.1 Å². The number of halogens is 1. The third-order valence-electron chi connectivity index (χ3n) is 3.19. The first-order chi connectivity index (χ1) is 7.31. The van der Waals surface area contributed by atoms with Crippen LogP contribution in [0.25, 0.3) is 0 Å². The first-order valence-corrected chi connectivity index (χ1v) is 6.59. The third-order valence-corrected chi connectivity index (χ3v) is 3.68. The quantitative estimate of drug-likeness (QED) is 0.885. The van der Waals surface area contributed by atoms with E-state index < -0.39 is 0 Å². The standard InChI is InChI=1S/C13H18BrN/c1-2-15-9-11-5-3-4-10-6-7-12(14)8-13(10)11/h6-8,11,15H,2-5,9H2,1H3. The van der Waals surface area contributed by atoms with Crippen molar-refractivity contribution in [2.75, 3.05) is 13.1 Å². The smallest absolute Gasteiger partial charge is 0.0178 e. The van der Waals surface area contributed by atoms with Gasteiger partial charge in [-0.3, -0.25) is 0 Å². The summed E-state index contributed by atoms with van der Waals surface area (Å²) in [7, 11) is 0. The lowest BCUT2D eigenvalue weighted by molar-refractivity contribution is 0.515. The molecule has 0 saturated carbocycles. The largest absolute Gasteiger partial charge is 0.316 e. The lowest BCUT2D eigenvalue weighted by Crippen LogP contribution is -2.24. The van der Waals surface area contributed by atoms with Gasteiger partial charge in [-0.05, 0) is 55.0 Å². The molecule has 0 aliphatic heterocycles. The van der Waals surface area contributed by atoms with Gasteiger partial charge in [0.2, 0.25) is 0 Å². The van der Waals surface area contributed by atoms with Crippen molar-refractivity contribution in [2.45, 2.75) is 32.1 Å². The molecule has 0 saturated heterocycles. The van der Waals surface area contributed by atoms with Crippen molar-refractivity contribution >= 4 is 15.9 Å². The van der Waals surface area contributed by atoms with Crippen LogP contribution in [-0.2, 0) is 6.42 Å². The van der Waals surface area contributed by atoms with Gasteiger partial charge in [0.15, 0.2) is 0 Å². The summed E-state index contributed by atoms with van der Waals surface area (Å²) in [4.78, 5) is 0. The van der Waals surface area contributed by atoms with Gasteiger partial charge in [0.05, 0.1) is 0 Å². The molecular weight excluding hydrogens is 250 g/mol. The van der Waals surface area contributed by atoms with Crippen molar-refractivity contribution in [3.8, 4) is 0 Å². The monoisotopic (exact) mass is 267 g/mol. The van der Waals surface area contributed by atoms with Gasteiger partial charge in [-0.25, -0.2) is 0 Å². The van der Waals surface area contributed by atoms with Crippen molar-refractivity contribution < 1.29 is 0 Å². The van der Waals surface area contributed by atoms with Crippen LogP contribution in [0.2, 0.25) is 0 Å². The second-order valence-corrected chi connectivity index (χ2v) is 5.16. The summed E-state index contributed by atoms with van der Waals surface area (Å²) < 4.78 is 1.21. The summed E-state index contributed by atoms with van der Waals surface area (Å²) in [6.45, 7) is 4.37. The minimum Gasteiger partial charge on any atom is -0.316 e. The summed E-state index contributed by atoms with van der Waals surface area (Å²) in [5, 5.41) is 3.46. The zero-order chi connectivity index (χ0) is 10.7. The average Bonchev–Trinajstić information content (AvgIpc) is 2.26. The van der Waals surface area contributed by atoms with E-state index in [-0.39, 0.29) is 0 Å². The maximum absolute atomic E-state index is 3.57. The van der Waals surface area contributed by atoms with Crippen LogP contribution in [0, 0.1) is 0 Å². The van der Waals surface area contributed by atoms with E-state index in [0.29, 0.717) is 5.92 Å². The topological polar surface area (TPSA) is 12.0 Å². The lowest BCUT2D eigenvalue weighted by atomic mass is 9.83. The maximum atomic E-state index is 3.57. The minimum absolute atomic E-state index is 0.714. The molecule has 1 aromatic carbocycles. The highest BCUT2D eigenvalue weighted by molar-refractivity contribution is 9.10. The van der Waals surface area contributed by atoms with E-state index in [0.717, 1.165) is 13.1 Å². The highest BCUT2D eigenvalue weighted by Gasteiger charge is 2.19. The Kier molecular flexibility index (Phi) is 3.81. The Morgan fingerprint density at radius 3 is 3.13 bits per heavy atom. The van der Waals surface area contributed by atoms with E-state index in [4.69, 9.17) is 0 Å². The molecule has 0 amide bonds. The Morgan fingerprint density at radius 1 is 1.47 bits per heavy atom. The molecule has 2 heteroatoms. The molecule has 15 heavy (non-hydrogen) atoms. The lowest BCUT2D eigenvalue weighted by Gasteiger charge is -2.25. The Balaban J connectivity index is 2.20. The van der Waals surface area contributed by atoms with Crippen LogP contribution in [0.4, 0.5) is 0 Å². The summed E-state index contributed by atoms with van der Waals surface area (Å²) in [6.07, 6.45) is 3.92. The van der Waals surface area contributed by atoms with Crippen molar-refractivity contribution in [3.63, 3.8) is 0 Å². The van der Waals surface area contributed by atoms with E-state index in [1.54, 1.807) is 11.1 Å². The molecule has 0 radical (unpaired) electrons. The van der Waals surface area contributed by atoms with Gasteiger partial charge in [-0.2, -0.15) is 0 Å². The van der Waals surface area contributed by atoms with E-state index >= 15 is 0 Å². The summed E-state index contributed by atoms with van der Waals surface area (Å²) >= 11 is 3.57. The Labute approximate surface area is 100 Å². The summed E-state index contributed by atoms with van der Waals surface area (Å²) in [5.74, 6) is 0.714. The molecule has 1 atom stereocenters. The fraction of sp³-hybridized carbons (Fsp3) is 0.538. The predicted molar refractivity (Wildman–Crippen MR) is 68.4 cm³/mol. The molecule has 1 aromatic rings. The second-order valence-electron chi connectivity index (χ2n) is 4.24. The normalized spacial score (nSPS) is 20.0. The van der Waals surface area contributed by atoms with Gasteiger partial charge in [-0.15, -0.1) is 0 Å². The predicted octanol–water partition coefficient (Wildman–Crippen LogP) is 3.48. The molecule has 2 rings (SSSR count). The fourth-order valence-corrected chi connectivity index (χ4v) is 2.78. The molecule has 82 valence electrons. The number of benzene rings is 1. The molecular formula is C13H18BrN. The Hall–Kier alpha value is -0.340. The fourth-order valence-electron chi connectivity index (χ4n) is 2.40. The molecule has 1 N–H and O–H groups in total. The number of hydrogen-bond acceptors (Lipinski definition) is 1. The highest BCUT2D eigenvalue weighted by Crippen LogP contribution is 2.32. The van der Waals surface area contributed by atoms with Crippen molar-refractivity contribution in [2.24, 2.45) is 0 Å². The molecule has 1 unspecified atom stereocenters. The molecule has 0 fully saturated rings. The molecule has 1 aliphatic carbocycles. The molecule has 0 aromatic heterocycles. The van der Waals surface area contributed by atoms with Crippen LogP contribution in [0.5, 0.6) is 0 Å². The van der Waals surface area contributed by atoms with Crippen molar-refractivity contribution in [1.29, 1.82) is 0 Å². The van der Waals surface area contributed by atoms with E-state index in [1.807, 2.05) is 0 Å². The number of likely N-dealkylation sites (N-methyl/N-ethyl adjacent to an activating group) is 1. The van der Waals surface area contributed by atoms with Crippen molar-refractivity contribution in [1.82, 2.24) is 5.32 Å². The zero-order valence-corrected chi connectivity index (χ0v) is 10.8. The van der Waals surface area contributed by atoms with Gasteiger partial charge in [0.1, 0.15) is 0 Å². The Morgan fingerprint density at radius 2 is 2.33 bits per heavy atom. The average molecular weight is 268 g/mol. The van der Waals surface area contributed by atoms with E-state index in [2.05, 4.69) is 46.4 Å². The van der Waals surface area contributed by atoms with Gasteiger partial charge in [0, 0.05) is 11.0 Å². The van der Waals surface area contributed by atoms with Crippen LogP contribution < -0.4 is 5.32 Å². The van der Waals surface area contributed by atoms with Gasteiger partial charge >= 0.3 is 0 Å². The summed E-state index contributed by atoms with van der Waals surface area (Å²) in [6, 6.07) is 6.74. The summed E-state index contributed by atoms with van der Waals surface area (Å²) in [5.41, 5.74) is 3.10. The number of fused-ring (bicyclic) bond motifs is 1. The van der Waals surface area contributed by atoms with Crippen LogP contribution >= 0.6 is 15.9 Å². The van der Waals surface area contributed by atoms with Crippen LogP contribution in [0.15, 0.2) is 22.7 Å². The highest BCUT2D eigenvalue weighted by atomic mass is 79.9. The Bertz CT molecular complexity index is 335. The zero-order valence-electron chi connectivity index (χ0n) is 9.22. The van der Waals surface area contributed by atoms with Gasteiger partial charge in [-0.1, -0.05) is 28.9 Å². The molecule has 0 spiro atoms. The second kappa shape index (κ2) is 5.13. The molecule has 1 aliphatic rings. The molecule has 1 nitrogen and oxygen atoms in total. The molecule has 0 bridgehead atoms. The van der Waals surface area contributed by atoms with E-state index in [9.17, 15) is 0 Å². The third kappa shape index (κ3) is 2.61. The number of aryl methyl sites for hydroxylation is 1. The number of nitrogens with one attached hydrogen (secondary N) is 1. The molecule has 0 heterocycles. The number of hydrogen-bond donors (Lipinski definition) is 1.